The third-order valence-corrected chi connectivity index (χ3v) is 13.3. The van der Waals surface area contributed by atoms with Gasteiger partial charge in [-0.05, 0) is 77.0 Å². The first-order chi connectivity index (χ1) is 34.0. The molecule has 0 heterocycles. The zero-order valence-corrected chi connectivity index (χ0v) is 46.1. The van der Waals surface area contributed by atoms with Crippen LogP contribution in [0.5, 0.6) is 0 Å². The van der Waals surface area contributed by atoms with Gasteiger partial charge in [0.2, 0.25) is 0 Å². The van der Waals surface area contributed by atoms with E-state index in [2.05, 4.69) is 69.4 Å². The summed E-state index contributed by atoms with van der Waals surface area (Å²) < 4.78 is 16.8. The third kappa shape index (κ3) is 56.2. The van der Waals surface area contributed by atoms with E-state index in [4.69, 9.17) is 14.2 Å². The molecule has 6 nitrogen and oxygen atoms in total. The smallest absolute Gasteiger partial charge is 0.306 e. The van der Waals surface area contributed by atoms with Crippen molar-refractivity contribution in [1.29, 1.82) is 0 Å². The number of hydrogen-bond acceptors (Lipinski definition) is 6. The second kappa shape index (κ2) is 57.9. The Balaban J connectivity index is 4.07. The number of unbranched alkanes of at least 4 members (excludes halogenated alkanes) is 36. The topological polar surface area (TPSA) is 78.9 Å². The van der Waals surface area contributed by atoms with Crippen molar-refractivity contribution in [2.45, 2.75) is 322 Å². The highest BCUT2D eigenvalue weighted by atomic mass is 16.6. The average Bonchev–Trinajstić information content (AvgIpc) is 3.35. The van der Waals surface area contributed by atoms with Crippen LogP contribution in [0.25, 0.3) is 0 Å². The molecule has 402 valence electrons. The van der Waals surface area contributed by atoms with Crippen LogP contribution < -0.4 is 0 Å². The van der Waals surface area contributed by atoms with E-state index in [0.29, 0.717) is 19.3 Å². The molecule has 0 fully saturated rings. The van der Waals surface area contributed by atoms with Crippen molar-refractivity contribution in [3.8, 4) is 0 Å². The molecule has 69 heavy (non-hydrogen) atoms. The molecule has 0 bridgehead atoms. The summed E-state index contributed by atoms with van der Waals surface area (Å²) in [5.41, 5.74) is 0. The van der Waals surface area contributed by atoms with E-state index in [1.165, 1.54) is 186 Å². The lowest BCUT2D eigenvalue weighted by Gasteiger charge is -2.18. The van der Waals surface area contributed by atoms with Gasteiger partial charge in [-0.2, -0.15) is 0 Å². The number of hydrogen-bond donors (Lipinski definition) is 0. The maximum Gasteiger partial charge on any atom is 0.306 e. The standard InChI is InChI=1S/C63H114O6/c1-4-7-10-13-16-19-21-23-25-26-27-28-29-30-31-32-33-34-35-36-37-38-39-41-42-44-47-50-53-56-62(65)68-59-60(58-67-61(64)55-52-49-46-18-15-12-9-6-3)69-63(66)57-54-51-48-45-43-40-24-22-20-17-14-11-8-5-2/h14,17,21-24,26-27,60H,4-13,15-16,18-20,25,28-59H2,1-3H3/b17-14-,23-21-,24-22-,27-26-. The molecule has 0 aromatic carbocycles. The first-order valence-electron chi connectivity index (χ1n) is 30.1. The molecule has 0 N–H and O–H groups in total. The summed E-state index contributed by atoms with van der Waals surface area (Å²) in [6.07, 6.45) is 71.4. The maximum atomic E-state index is 12.8. The SMILES string of the molecule is CCCC/C=C\C/C=C\CCCCCCCC(=O)OC(COC(=O)CCCCCCCCCC)COC(=O)CCCCCCCCCCCCCCCCCCC/C=C\C/C=C\CCCCCCC. The average molecular weight is 968 g/mol. The minimum absolute atomic E-state index is 0.0754. The number of rotatable bonds is 55. The van der Waals surface area contributed by atoms with E-state index in [-0.39, 0.29) is 31.1 Å². The molecule has 0 aliphatic heterocycles. The zero-order valence-electron chi connectivity index (χ0n) is 46.1. The molecule has 1 atom stereocenters. The number of esters is 3. The van der Waals surface area contributed by atoms with Gasteiger partial charge in [-0.3, -0.25) is 14.4 Å². The fourth-order valence-electron chi connectivity index (χ4n) is 8.73. The van der Waals surface area contributed by atoms with Crippen molar-refractivity contribution in [2.24, 2.45) is 0 Å². The van der Waals surface area contributed by atoms with Gasteiger partial charge in [0.15, 0.2) is 6.10 Å². The largest absolute Gasteiger partial charge is 0.462 e. The zero-order chi connectivity index (χ0) is 50.0. The van der Waals surface area contributed by atoms with Crippen LogP contribution in [-0.2, 0) is 28.6 Å². The molecule has 0 saturated heterocycles. The number of allylic oxidation sites excluding steroid dienone is 8. The molecule has 0 radical (unpaired) electrons. The summed E-state index contributed by atoms with van der Waals surface area (Å²) in [6, 6.07) is 0. The van der Waals surface area contributed by atoms with E-state index >= 15 is 0 Å². The van der Waals surface area contributed by atoms with Crippen LogP contribution in [0.3, 0.4) is 0 Å². The monoisotopic (exact) mass is 967 g/mol. The van der Waals surface area contributed by atoms with Gasteiger partial charge in [-0.1, -0.05) is 268 Å². The molecule has 0 spiro atoms. The quantitative estimate of drug-likeness (QED) is 0.0262. The minimum atomic E-state index is -0.775. The van der Waals surface area contributed by atoms with Crippen LogP contribution >= 0.6 is 0 Å². The van der Waals surface area contributed by atoms with Crippen LogP contribution in [0.2, 0.25) is 0 Å². The van der Waals surface area contributed by atoms with Crippen molar-refractivity contribution < 1.29 is 28.6 Å². The van der Waals surface area contributed by atoms with Gasteiger partial charge < -0.3 is 14.2 Å². The summed E-state index contributed by atoms with van der Waals surface area (Å²) in [6.45, 7) is 6.58. The van der Waals surface area contributed by atoms with Crippen LogP contribution in [0.15, 0.2) is 48.6 Å². The molecule has 0 aliphatic rings. The molecule has 0 aromatic heterocycles. The lowest BCUT2D eigenvalue weighted by Crippen LogP contribution is -2.30. The Morgan fingerprint density at radius 3 is 0.841 bits per heavy atom. The Labute approximate surface area is 428 Å². The number of ether oxygens (including phenoxy) is 3. The normalized spacial score (nSPS) is 12.3. The molecule has 1 unspecified atom stereocenters. The first-order valence-corrected chi connectivity index (χ1v) is 30.1. The number of carbonyl (C=O) groups excluding carboxylic acids is 3. The van der Waals surface area contributed by atoms with Crippen molar-refractivity contribution >= 4 is 17.9 Å². The Hall–Kier alpha value is -2.63. The molecule has 0 aliphatic carbocycles. The van der Waals surface area contributed by atoms with Crippen molar-refractivity contribution in [3.63, 3.8) is 0 Å². The minimum Gasteiger partial charge on any atom is -0.462 e. The summed E-state index contributed by atoms with van der Waals surface area (Å²) in [5, 5.41) is 0. The number of carbonyl (C=O) groups is 3. The molecular weight excluding hydrogens is 853 g/mol. The summed E-state index contributed by atoms with van der Waals surface area (Å²) in [5.74, 6) is -0.881. The van der Waals surface area contributed by atoms with E-state index in [0.717, 1.165) is 89.9 Å². The van der Waals surface area contributed by atoms with Gasteiger partial charge >= 0.3 is 17.9 Å². The lowest BCUT2D eigenvalue weighted by atomic mass is 10.0. The fraction of sp³-hybridized carbons (Fsp3) is 0.825. The van der Waals surface area contributed by atoms with Crippen LogP contribution in [0.4, 0.5) is 0 Å². The van der Waals surface area contributed by atoms with E-state index in [1.54, 1.807) is 0 Å². The lowest BCUT2D eigenvalue weighted by molar-refractivity contribution is -0.167. The molecule has 0 rings (SSSR count). The highest BCUT2D eigenvalue weighted by molar-refractivity contribution is 5.71. The first kappa shape index (κ1) is 66.4. The highest BCUT2D eigenvalue weighted by Crippen LogP contribution is 2.17. The Kier molecular flexibility index (Phi) is 55.7. The van der Waals surface area contributed by atoms with Crippen LogP contribution in [-0.4, -0.2) is 37.2 Å². The Bertz CT molecular complexity index is 1200. The van der Waals surface area contributed by atoms with E-state index < -0.39 is 6.10 Å². The van der Waals surface area contributed by atoms with Gasteiger partial charge in [0.25, 0.3) is 0 Å². The summed E-state index contributed by atoms with van der Waals surface area (Å²) >= 11 is 0. The Morgan fingerprint density at radius 1 is 0.290 bits per heavy atom. The molecule has 0 aromatic rings. The predicted octanol–water partition coefficient (Wildman–Crippen LogP) is 20.2. The van der Waals surface area contributed by atoms with Crippen LogP contribution in [0.1, 0.15) is 316 Å². The highest BCUT2D eigenvalue weighted by Gasteiger charge is 2.19. The second-order valence-corrected chi connectivity index (χ2v) is 20.3. The van der Waals surface area contributed by atoms with Crippen molar-refractivity contribution in [3.05, 3.63) is 48.6 Å². The van der Waals surface area contributed by atoms with E-state index in [9.17, 15) is 14.4 Å². The maximum absolute atomic E-state index is 12.8. The molecule has 0 amide bonds. The fourth-order valence-corrected chi connectivity index (χ4v) is 8.73. The second-order valence-electron chi connectivity index (χ2n) is 20.3. The molecule has 0 saturated carbocycles. The summed E-state index contributed by atoms with van der Waals surface area (Å²) in [4.78, 5) is 38.0. The Morgan fingerprint density at radius 2 is 0.536 bits per heavy atom. The van der Waals surface area contributed by atoms with Crippen molar-refractivity contribution in [1.82, 2.24) is 0 Å². The van der Waals surface area contributed by atoms with Gasteiger partial charge in [0, 0.05) is 19.3 Å². The molecular formula is C63H114O6. The third-order valence-electron chi connectivity index (χ3n) is 13.3. The molecule has 6 heteroatoms. The summed E-state index contributed by atoms with van der Waals surface area (Å²) in [7, 11) is 0. The van der Waals surface area contributed by atoms with E-state index in [1.807, 2.05) is 0 Å². The van der Waals surface area contributed by atoms with Gasteiger partial charge in [0.05, 0.1) is 0 Å². The van der Waals surface area contributed by atoms with Gasteiger partial charge in [0.1, 0.15) is 13.2 Å². The van der Waals surface area contributed by atoms with Crippen molar-refractivity contribution in [2.75, 3.05) is 13.2 Å². The predicted molar refractivity (Wildman–Crippen MR) is 298 cm³/mol. The van der Waals surface area contributed by atoms with Gasteiger partial charge in [-0.25, -0.2) is 0 Å². The van der Waals surface area contributed by atoms with Gasteiger partial charge in [-0.15, -0.1) is 0 Å². The van der Waals surface area contributed by atoms with Crippen LogP contribution in [0, 0.1) is 0 Å².